The lowest BCUT2D eigenvalue weighted by Crippen LogP contribution is -2.40. The number of piperidine rings is 1. The van der Waals surface area contributed by atoms with Gasteiger partial charge >= 0.3 is 0 Å². The first-order valence-corrected chi connectivity index (χ1v) is 9.84. The molecule has 1 fully saturated rings. The van der Waals surface area contributed by atoms with Crippen LogP contribution in [0.1, 0.15) is 53.4 Å². The molecule has 7 heteroatoms. The van der Waals surface area contributed by atoms with E-state index in [0.29, 0.717) is 18.8 Å². The zero-order valence-corrected chi connectivity index (χ0v) is 15.8. The Morgan fingerprint density at radius 1 is 1.48 bits per heavy atom. The summed E-state index contributed by atoms with van der Waals surface area (Å²) in [5, 5.41) is 2.95. The molecule has 0 saturated carbocycles. The summed E-state index contributed by atoms with van der Waals surface area (Å²) in [6, 6.07) is 0. The molecule has 0 N–H and O–H groups in total. The molecule has 1 amide bonds. The Bertz CT molecular complexity index is 697. The number of thiazole rings is 1. The van der Waals surface area contributed by atoms with Gasteiger partial charge in [0.05, 0.1) is 11.6 Å². The van der Waals surface area contributed by atoms with Gasteiger partial charge < -0.3 is 14.2 Å². The molecule has 1 saturated heterocycles. The second-order valence-electron chi connectivity index (χ2n) is 6.44. The number of likely N-dealkylation sites (tertiary alicyclic amines) is 1. The predicted molar refractivity (Wildman–Crippen MR) is 98.1 cm³/mol. The number of rotatable bonds is 7. The topological polar surface area (TPSA) is 60.2 Å². The normalized spacial score (nSPS) is 17.8. The van der Waals surface area contributed by atoms with Crippen molar-refractivity contribution in [2.24, 2.45) is 0 Å². The summed E-state index contributed by atoms with van der Waals surface area (Å²) in [6.07, 6.45) is 7.88. The molecule has 1 atom stereocenters. The maximum Gasteiger partial charge on any atom is 0.273 e. The van der Waals surface area contributed by atoms with Gasteiger partial charge in [0.15, 0.2) is 0 Å². The monoisotopic (exact) mass is 362 g/mol. The third-order valence-corrected chi connectivity index (χ3v) is 5.50. The van der Waals surface area contributed by atoms with E-state index in [1.807, 2.05) is 22.7 Å². The Balaban J connectivity index is 1.68. The van der Waals surface area contributed by atoms with Crippen molar-refractivity contribution in [3.8, 4) is 0 Å². The summed E-state index contributed by atoms with van der Waals surface area (Å²) < 4.78 is 7.32. The second kappa shape index (κ2) is 8.58. The van der Waals surface area contributed by atoms with Gasteiger partial charge in [-0.3, -0.25) is 4.79 Å². The number of aryl methyl sites for hydroxylation is 1. The average Bonchev–Trinajstić information content (AvgIpc) is 3.29. The van der Waals surface area contributed by atoms with Crippen molar-refractivity contribution in [1.29, 1.82) is 0 Å². The molecule has 0 radical (unpaired) electrons. The number of ether oxygens (including phenoxy) is 1. The predicted octanol–water partition coefficient (Wildman–Crippen LogP) is 2.96. The van der Waals surface area contributed by atoms with Crippen LogP contribution in [0.2, 0.25) is 0 Å². The Kier molecular flexibility index (Phi) is 6.20. The molecule has 2 aromatic rings. The molecular formula is C18H26N4O2S. The van der Waals surface area contributed by atoms with E-state index in [2.05, 4.69) is 21.5 Å². The highest BCUT2D eigenvalue weighted by Crippen LogP contribution is 2.27. The van der Waals surface area contributed by atoms with E-state index in [1.165, 1.54) is 0 Å². The summed E-state index contributed by atoms with van der Waals surface area (Å²) in [7, 11) is 1.71. The van der Waals surface area contributed by atoms with Crippen LogP contribution in [-0.4, -0.2) is 52.1 Å². The molecule has 1 aliphatic heterocycles. The van der Waals surface area contributed by atoms with Gasteiger partial charge in [-0.25, -0.2) is 9.97 Å². The van der Waals surface area contributed by atoms with Crippen LogP contribution >= 0.6 is 11.3 Å². The summed E-state index contributed by atoms with van der Waals surface area (Å²) in [5.74, 6) is 1.39. The highest BCUT2D eigenvalue weighted by molar-refractivity contribution is 7.09. The van der Waals surface area contributed by atoms with Gasteiger partial charge in [-0.05, 0) is 25.7 Å². The van der Waals surface area contributed by atoms with Gasteiger partial charge in [-0.15, -0.1) is 11.3 Å². The SMILES string of the molecule is CCCc1nc(C(=O)N2CCC[C@@H](c3nccn3CCOC)C2)cs1. The van der Waals surface area contributed by atoms with Gasteiger partial charge in [0, 0.05) is 50.4 Å². The Labute approximate surface area is 152 Å². The standard InChI is InChI=1S/C18H26N4O2S/c1-3-5-16-20-15(13-25-16)18(23)22-8-4-6-14(12-22)17-19-7-9-21(17)10-11-24-2/h7,9,13-14H,3-6,8,10-12H2,1-2H3/t14-/m1/s1. The van der Waals surface area contributed by atoms with Crippen LogP contribution in [0.3, 0.4) is 0 Å². The van der Waals surface area contributed by atoms with Gasteiger partial charge in [0.2, 0.25) is 0 Å². The van der Waals surface area contributed by atoms with E-state index in [9.17, 15) is 4.79 Å². The zero-order valence-electron chi connectivity index (χ0n) is 15.0. The first-order chi connectivity index (χ1) is 12.2. The highest BCUT2D eigenvalue weighted by atomic mass is 32.1. The minimum absolute atomic E-state index is 0.0540. The van der Waals surface area contributed by atoms with Crippen molar-refractivity contribution in [1.82, 2.24) is 19.4 Å². The molecule has 6 nitrogen and oxygen atoms in total. The minimum atomic E-state index is 0.0540. The van der Waals surface area contributed by atoms with Crippen molar-refractivity contribution in [3.63, 3.8) is 0 Å². The smallest absolute Gasteiger partial charge is 0.273 e. The third-order valence-electron chi connectivity index (χ3n) is 4.59. The molecule has 2 aromatic heterocycles. The van der Waals surface area contributed by atoms with E-state index in [4.69, 9.17) is 4.74 Å². The molecule has 0 aromatic carbocycles. The lowest BCUT2D eigenvalue weighted by Gasteiger charge is -2.32. The summed E-state index contributed by atoms with van der Waals surface area (Å²) in [6.45, 7) is 5.10. The number of aromatic nitrogens is 3. The summed E-state index contributed by atoms with van der Waals surface area (Å²) in [5.41, 5.74) is 0.594. The molecule has 1 aliphatic rings. The van der Waals surface area contributed by atoms with Crippen LogP contribution < -0.4 is 0 Å². The molecule has 25 heavy (non-hydrogen) atoms. The molecule has 0 unspecified atom stereocenters. The van der Waals surface area contributed by atoms with E-state index in [0.717, 1.165) is 49.6 Å². The van der Waals surface area contributed by atoms with Crippen LogP contribution in [0, 0.1) is 0 Å². The van der Waals surface area contributed by atoms with Crippen LogP contribution in [-0.2, 0) is 17.7 Å². The maximum absolute atomic E-state index is 12.8. The molecule has 136 valence electrons. The first-order valence-electron chi connectivity index (χ1n) is 8.96. The number of hydrogen-bond donors (Lipinski definition) is 0. The van der Waals surface area contributed by atoms with Gasteiger partial charge in [0.1, 0.15) is 11.5 Å². The van der Waals surface area contributed by atoms with Crippen LogP contribution in [0.25, 0.3) is 0 Å². The Morgan fingerprint density at radius 3 is 3.16 bits per heavy atom. The van der Waals surface area contributed by atoms with Crippen LogP contribution in [0.4, 0.5) is 0 Å². The van der Waals surface area contributed by atoms with Crippen molar-refractivity contribution >= 4 is 17.2 Å². The molecule has 0 bridgehead atoms. The van der Waals surface area contributed by atoms with Gasteiger partial charge in [0.25, 0.3) is 5.91 Å². The Hall–Kier alpha value is -1.73. The maximum atomic E-state index is 12.8. The Morgan fingerprint density at radius 2 is 2.36 bits per heavy atom. The molecule has 3 rings (SSSR count). The first kappa shape index (κ1) is 18.1. The fraction of sp³-hybridized carbons (Fsp3) is 0.611. The molecule has 0 aliphatic carbocycles. The fourth-order valence-corrected chi connectivity index (χ4v) is 4.21. The van der Waals surface area contributed by atoms with Crippen molar-refractivity contribution in [2.45, 2.75) is 45.1 Å². The van der Waals surface area contributed by atoms with Gasteiger partial charge in [-0.2, -0.15) is 0 Å². The number of methoxy groups -OCH3 is 1. The van der Waals surface area contributed by atoms with Gasteiger partial charge in [-0.1, -0.05) is 6.92 Å². The third kappa shape index (κ3) is 4.27. The number of nitrogens with zero attached hydrogens (tertiary/aromatic N) is 4. The highest BCUT2D eigenvalue weighted by Gasteiger charge is 2.28. The quantitative estimate of drug-likeness (QED) is 0.760. The number of amides is 1. The largest absolute Gasteiger partial charge is 0.383 e. The van der Waals surface area contributed by atoms with E-state index in [-0.39, 0.29) is 11.8 Å². The van der Waals surface area contributed by atoms with E-state index < -0.39 is 0 Å². The second-order valence-corrected chi connectivity index (χ2v) is 7.38. The summed E-state index contributed by atoms with van der Waals surface area (Å²) >= 11 is 1.59. The van der Waals surface area contributed by atoms with Crippen LogP contribution in [0.15, 0.2) is 17.8 Å². The molecule has 0 spiro atoms. The lowest BCUT2D eigenvalue weighted by molar-refractivity contribution is 0.0697. The average molecular weight is 362 g/mol. The van der Waals surface area contributed by atoms with E-state index in [1.54, 1.807) is 18.4 Å². The van der Waals surface area contributed by atoms with Crippen molar-refractivity contribution in [2.75, 3.05) is 26.8 Å². The minimum Gasteiger partial charge on any atom is -0.383 e. The molecule has 3 heterocycles. The zero-order chi connectivity index (χ0) is 17.6. The van der Waals surface area contributed by atoms with E-state index >= 15 is 0 Å². The number of hydrogen-bond acceptors (Lipinski definition) is 5. The summed E-state index contributed by atoms with van der Waals surface area (Å²) in [4.78, 5) is 23.8. The molecular weight excluding hydrogens is 336 g/mol. The fourth-order valence-electron chi connectivity index (χ4n) is 3.33. The number of carbonyl (C=O) groups excluding carboxylic acids is 1. The van der Waals surface area contributed by atoms with Crippen LogP contribution in [0.5, 0.6) is 0 Å². The number of carbonyl (C=O) groups is 1. The lowest BCUT2D eigenvalue weighted by atomic mass is 9.97. The van der Waals surface area contributed by atoms with Crippen molar-refractivity contribution < 1.29 is 9.53 Å². The number of imidazole rings is 1. The van der Waals surface area contributed by atoms with Crippen molar-refractivity contribution in [3.05, 3.63) is 34.3 Å².